The van der Waals surface area contributed by atoms with Gasteiger partial charge in [-0.05, 0) is 13.3 Å². The number of amides is 1. The summed E-state index contributed by atoms with van der Waals surface area (Å²) in [7, 11) is 0. The second-order valence-electron chi connectivity index (χ2n) is 5.86. The van der Waals surface area contributed by atoms with E-state index >= 15 is 0 Å². The molecule has 0 aliphatic rings. The molecule has 2 heterocycles. The number of benzene rings is 1. The Kier molecular flexibility index (Phi) is 5.23. The molecule has 0 unspecified atom stereocenters. The van der Waals surface area contributed by atoms with Crippen molar-refractivity contribution in [3.8, 4) is 11.4 Å². The van der Waals surface area contributed by atoms with Crippen molar-refractivity contribution in [3.63, 3.8) is 0 Å². The van der Waals surface area contributed by atoms with Gasteiger partial charge in [-0.3, -0.25) is 4.79 Å². The topological polar surface area (TPSA) is 96.7 Å². The molecule has 0 radical (unpaired) electrons. The van der Waals surface area contributed by atoms with Crippen molar-refractivity contribution >= 4 is 5.91 Å². The molecule has 1 amide bonds. The summed E-state index contributed by atoms with van der Waals surface area (Å²) in [4.78, 5) is 24.0. The largest absolute Gasteiger partial charge is 0.346 e. The maximum atomic E-state index is 12.2. The quantitative estimate of drug-likeness (QED) is 0.690. The van der Waals surface area contributed by atoms with E-state index < -0.39 is 0 Å². The molecule has 7 heteroatoms. The van der Waals surface area contributed by atoms with Gasteiger partial charge >= 0.3 is 0 Å². The number of aromatic nitrogens is 4. The Morgan fingerprint density at radius 3 is 2.80 bits per heavy atom. The number of carbonyl (C=O) groups excluding carboxylic acids is 1. The molecular formula is C18H21N5O2. The summed E-state index contributed by atoms with van der Waals surface area (Å²) >= 11 is 0. The van der Waals surface area contributed by atoms with Gasteiger partial charge in [-0.25, -0.2) is 4.98 Å². The molecule has 0 saturated carbocycles. The van der Waals surface area contributed by atoms with E-state index in [9.17, 15) is 4.79 Å². The third-order valence-electron chi connectivity index (χ3n) is 3.86. The van der Waals surface area contributed by atoms with Gasteiger partial charge in [0.1, 0.15) is 5.82 Å². The van der Waals surface area contributed by atoms with E-state index in [-0.39, 0.29) is 18.4 Å². The van der Waals surface area contributed by atoms with Gasteiger partial charge in [-0.15, -0.1) is 0 Å². The number of imidazole rings is 1. The molecule has 25 heavy (non-hydrogen) atoms. The van der Waals surface area contributed by atoms with Crippen LogP contribution in [0.15, 0.2) is 41.1 Å². The lowest BCUT2D eigenvalue weighted by atomic mass is 10.2. The normalized spacial score (nSPS) is 12.1. The number of aromatic amines is 1. The van der Waals surface area contributed by atoms with Crippen molar-refractivity contribution in [1.29, 1.82) is 0 Å². The van der Waals surface area contributed by atoms with Crippen LogP contribution in [0.25, 0.3) is 11.4 Å². The SMILES string of the molecule is CC[C@@H](NC(=O)CCc1nc(-c2ccccc2)no1)c1ncc(C)[nH]1. The zero-order chi connectivity index (χ0) is 17.6. The number of hydrogen-bond donors (Lipinski definition) is 2. The summed E-state index contributed by atoms with van der Waals surface area (Å²) < 4.78 is 5.23. The molecule has 130 valence electrons. The molecular weight excluding hydrogens is 318 g/mol. The number of aryl methyl sites for hydroxylation is 2. The van der Waals surface area contributed by atoms with Crippen molar-refractivity contribution in [3.05, 3.63) is 53.9 Å². The minimum absolute atomic E-state index is 0.0691. The minimum Gasteiger partial charge on any atom is -0.346 e. The van der Waals surface area contributed by atoms with Crippen molar-refractivity contribution < 1.29 is 9.32 Å². The van der Waals surface area contributed by atoms with Crippen LogP contribution in [0.5, 0.6) is 0 Å². The molecule has 1 atom stereocenters. The molecule has 3 aromatic rings. The Morgan fingerprint density at radius 1 is 1.32 bits per heavy atom. The van der Waals surface area contributed by atoms with Crippen LogP contribution >= 0.6 is 0 Å². The second kappa shape index (κ2) is 7.74. The van der Waals surface area contributed by atoms with Crippen LogP contribution < -0.4 is 5.32 Å². The average molecular weight is 339 g/mol. The summed E-state index contributed by atoms with van der Waals surface area (Å²) in [5.74, 6) is 1.70. The summed E-state index contributed by atoms with van der Waals surface area (Å²) in [6.45, 7) is 3.94. The molecule has 0 aliphatic carbocycles. The molecule has 0 saturated heterocycles. The zero-order valence-corrected chi connectivity index (χ0v) is 14.3. The van der Waals surface area contributed by atoms with Gasteiger partial charge in [0, 0.05) is 30.3 Å². The Labute approximate surface area is 145 Å². The van der Waals surface area contributed by atoms with Gasteiger partial charge in [0.25, 0.3) is 0 Å². The first-order valence-electron chi connectivity index (χ1n) is 8.34. The van der Waals surface area contributed by atoms with Gasteiger partial charge in [-0.2, -0.15) is 4.98 Å². The predicted octanol–water partition coefficient (Wildman–Crippen LogP) is 2.97. The summed E-state index contributed by atoms with van der Waals surface area (Å²) in [6.07, 6.45) is 3.21. The fourth-order valence-electron chi connectivity index (χ4n) is 2.52. The van der Waals surface area contributed by atoms with E-state index in [2.05, 4.69) is 25.4 Å². The molecule has 0 bridgehead atoms. The fraction of sp³-hybridized carbons (Fsp3) is 0.333. The fourth-order valence-corrected chi connectivity index (χ4v) is 2.52. The lowest BCUT2D eigenvalue weighted by Gasteiger charge is -2.14. The first-order chi connectivity index (χ1) is 12.2. The van der Waals surface area contributed by atoms with Crippen LogP contribution in [0, 0.1) is 6.92 Å². The Bertz CT molecular complexity index is 825. The van der Waals surface area contributed by atoms with E-state index in [1.807, 2.05) is 44.2 Å². The van der Waals surface area contributed by atoms with Crippen molar-refractivity contribution in [1.82, 2.24) is 25.4 Å². The maximum absolute atomic E-state index is 12.2. The van der Waals surface area contributed by atoms with Gasteiger partial charge in [0.2, 0.25) is 17.6 Å². The predicted molar refractivity (Wildman–Crippen MR) is 92.6 cm³/mol. The van der Waals surface area contributed by atoms with Crippen LogP contribution in [0.1, 0.15) is 43.2 Å². The second-order valence-corrected chi connectivity index (χ2v) is 5.86. The molecule has 0 aliphatic heterocycles. The van der Waals surface area contributed by atoms with Gasteiger partial charge in [-0.1, -0.05) is 42.4 Å². The van der Waals surface area contributed by atoms with Crippen molar-refractivity contribution in [2.75, 3.05) is 0 Å². The monoisotopic (exact) mass is 339 g/mol. The summed E-state index contributed by atoms with van der Waals surface area (Å²) in [5.41, 5.74) is 1.86. The molecule has 7 nitrogen and oxygen atoms in total. The number of nitrogens with zero attached hydrogens (tertiary/aromatic N) is 3. The van der Waals surface area contributed by atoms with E-state index in [0.29, 0.717) is 18.1 Å². The van der Waals surface area contributed by atoms with Crippen LogP contribution in [-0.2, 0) is 11.2 Å². The number of carbonyl (C=O) groups is 1. The van der Waals surface area contributed by atoms with Crippen LogP contribution in [-0.4, -0.2) is 26.0 Å². The summed E-state index contributed by atoms with van der Waals surface area (Å²) in [5, 5.41) is 6.94. The highest BCUT2D eigenvalue weighted by Gasteiger charge is 2.16. The van der Waals surface area contributed by atoms with Gasteiger partial charge in [0.05, 0.1) is 6.04 Å². The summed E-state index contributed by atoms with van der Waals surface area (Å²) in [6, 6.07) is 9.47. The smallest absolute Gasteiger partial charge is 0.227 e. The first kappa shape index (κ1) is 16.9. The van der Waals surface area contributed by atoms with E-state index in [4.69, 9.17) is 4.52 Å². The van der Waals surface area contributed by atoms with Crippen molar-refractivity contribution in [2.24, 2.45) is 0 Å². The lowest BCUT2D eigenvalue weighted by molar-refractivity contribution is -0.122. The molecule has 3 rings (SSSR count). The van der Waals surface area contributed by atoms with Gasteiger partial charge in [0.15, 0.2) is 0 Å². The minimum atomic E-state index is -0.122. The average Bonchev–Trinajstić information content (AvgIpc) is 3.28. The third kappa shape index (κ3) is 4.32. The molecule has 2 aromatic heterocycles. The Morgan fingerprint density at radius 2 is 2.12 bits per heavy atom. The number of H-pyrrole nitrogens is 1. The van der Waals surface area contributed by atoms with Crippen LogP contribution in [0.2, 0.25) is 0 Å². The lowest BCUT2D eigenvalue weighted by Crippen LogP contribution is -2.29. The molecule has 2 N–H and O–H groups in total. The first-order valence-corrected chi connectivity index (χ1v) is 8.34. The highest BCUT2D eigenvalue weighted by atomic mass is 16.5. The molecule has 0 fully saturated rings. The van der Waals surface area contributed by atoms with E-state index in [1.165, 1.54) is 0 Å². The maximum Gasteiger partial charge on any atom is 0.227 e. The van der Waals surface area contributed by atoms with Crippen LogP contribution in [0.4, 0.5) is 0 Å². The zero-order valence-electron chi connectivity index (χ0n) is 14.3. The standard InChI is InChI=1S/C18H21N5O2/c1-3-14(18-19-11-12(2)20-18)21-15(24)9-10-16-22-17(23-25-16)13-7-5-4-6-8-13/h4-8,11,14H,3,9-10H2,1-2H3,(H,19,20)(H,21,24)/t14-/m1/s1. The molecule has 1 aromatic carbocycles. The molecule has 0 spiro atoms. The van der Waals surface area contributed by atoms with Crippen molar-refractivity contribution in [2.45, 2.75) is 39.2 Å². The van der Waals surface area contributed by atoms with E-state index in [0.717, 1.165) is 23.5 Å². The Hall–Kier alpha value is -2.96. The van der Waals surface area contributed by atoms with Crippen LogP contribution in [0.3, 0.4) is 0 Å². The Balaban J connectivity index is 1.55. The number of nitrogens with one attached hydrogen (secondary N) is 2. The number of hydrogen-bond acceptors (Lipinski definition) is 5. The third-order valence-corrected chi connectivity index (χ3v) is 3.86. The highest BCUT2D eigenvalue weighted by molar-refractivity contribution is 5.76. The number of rotatable bonds is 7. The van der Waals surface area contributed by atoms with Gasteiger partial charge < -0.3 is 14.8 Å². The highest BCUT2D eigenvalue weighted by Crippen LogP contribution is 2.16. The van der Waals surface area contributed by atoms with E-state index in [1.54, 1.807) is 6.20 Å².